The van der Waals surface area contributed by atoms with Crippen molar-refractivity contribution in [1.29, 1.82) is 0 Å². The van der Waals surface area contributed by atoms with Gasteiger partial charge in [-0.3, -0.25) is 9.59 Å². The van der Waals surface area contributed by atoms with Gasteiger partial charge in [0.15, 0.2) is 5.78 Å². The number of carbonyl (C=O) groups is 2. The molecule has 0 radical (unpaired) electrons. The highest BCUT2D eigenvalue weighted by atomic mass is 32.1. The molecule has 3 aromatic rings. The third-order valence-corrected chi connectivity index (χ3v) is 4.85. The molecule has 4 nitrogen and oxygen atoms in total. The highest BCUT2D eigenvalue weighted by Crippen LogP contribution is 2.30. The van der Waals surface area contributed by atoms with E-state index < -0.39 is 0 Å². The van der Waals surface area contributed by atoms with E-state index in [9.17, 15) is 14.0 Å². The predicted molar refractivity (Wildman–Crippen MR) is 96.6 cm³/mol. The van der Waals surface area contributed by atoms with Gasteiger partial charge in [-0.25, -0.2) is 9.37 Å². The van der Waals surface area contributed by atoms with Crippen molar-refractivity contribution in [3.63, 3.8) is 0 Å². The van der Waals surface area contributed by atoms with Gasteiger partial charge in [-0.2, -0.15) is 0 Å². The summed E-state index contributed by atoms with van der Waals surface area (Å²) in [5, 5.41) is 3.24. The Balaban J connectivity index is 1.83. The second-order valence-corrected chi connectivity index (χ2v) is 6.50. The van der Waals surface area contributed by atoms with Crippen molar-refractivity contribution in [2.24, 2.45) is 0 Å². The lowest BCUT2D eigenvalue weighted by Gasteiger charge is -2.04. The minimum atomic E-state index is -0.372. The van der Waals surface area contributed by atoms with Gasteiger partial charge in [0.2, 0.25) is 0 Å². The fourth-order valence-electron chi connectivity index (χ4n) is 2.33. The van der Waals surface area contributed by atoms with E-state index >= 15 is 0 Å². The molecule has 0 spiro atoms. The van der Waals surface area contributed by atoms with Crippen LogP contribution in [0.15, 0.2) is 48.5 Å². The second kappa shape index (κ2) is 6.94. The van der Waals surface area contributed by atoms with Crippen LogP contribution in [0.3, 0.4) is 0 Å². The quantitative estimate of drug-likeness (QED) is 0.690. The Morgan fingerprint density at radius 2 is 1.76 bits per heavy atom. The zero-order chi connectivity index (χ0) is 18.0. The number of halogens is 1. The van der Waals surface area contributed by atoms with Gasteiger partial charge in [0.1, 0.15) is 15.7 Å². The van der Waals surface area contributed by atoms with E-state index in [1.165, 1.54) is 13.0 Å². The zero-order valence-corrected chi connectivity index (χ0v) is 14.5. The Kier molecular flexibility index (Phi) is 4.72. The Labute approximate surface area is 148 Å². The molecule has 1 amide bonds. The molecule has 0 aliphatic rings. The van der Waals surface area contributed by atoms with Gasteiger partial charge in [0.05, 0.1) is 5.69 Å². The normalized spacial score (nSPS) is 10.5. The number of hydrogen-bond donors (Lipinski definition) is 1. The summed E-state index contributed by atoms with van der Waals surface area (Å²) in [5.74, 6) is -0.720. The summed E-state index contributed by atoms with van der Waals surface area (Å²) in [5.41, 5.74) is 2.07. The molecule has 0 atom stereocenters. The van der Waals surface area contributed by atoms with E-state index in [-0.39, 0.29) is 17.5 Å². The van der Waals surface area contributed by atoms with Crippen molar-refractivity contribution in [3.05, 3.63) is 70.5 Å². The Morgan fingerprint density at radius 3 is 2.40 bits per heavy atom. The van der Waals surface area contributed by atoms with Crippen LogP contribution in [0.4, 0.5) is 10.1 Å². The molecular formula is C19H15FN2O2S. The van der Waals surface area contributed by atoms with Crippen molar-refractivity contribution >= 4 is 28.7 Å². The monoisotopic (exact) mass is 354 g/mol. The lowest BCUT2D eigenvalue weighted by Crippen LogP contribution is -2.11. The Morgan fingerprint density at radius 1 is 1.08 bits per heavy atom. The number of hydrogen-bond acceptors (Lipinski definition) is 4. The molecule has 1 N–H and O–H groups in total. The van der Waals surface area contributed by atoms with E-state index in [4.69, 9.17) is 0 Å². The summed E-state index contributed by atoms with van der Waals surface area (Å²) in [6.07, 6.45) is 0. The van der Waals surface area contributed by atoms with E-state index in [1.54, 1.807) is 49.4 Å². The first kappa shape index (κ1) is 17.0. The number of aromatic nitrogens is 1. The van der Waals surface area contributed by atoms with Crippen LogP contribution in [0.1, 0.15) is 32.6 Å². The smallest absolute Gasteiger partial charge is 0.267 e. The van der Waals surface area contributed by atoms with E-state index in [1.807, 2.05) is 0 Å². The topological polar surface area (TPSA) is 59.1 Å². The van der Waals surface area contributed by atoms with Gasteiger partial charge in [0, 0.05) is 16.8 Å². The second-order valence-electron chi connectivity index (χ2n) is 5.50. The van der Waals surface area contributed by atoms with Gasteiger partial charge in [-0.1, -0.05) is 12.1 Å². The fraction of sp³-hybridized carbons (Fsp3) is 0.105. The summed E-state index contributed by atoms with van der Waals surface area (Å²) in [6.45, 7) is 3.20. The van der Waals surface area contributed by atoms with Crippen LogP contribution in [-0.4, -0.2) is 16.7 Å². The number of carbonyl (C=O) groups excluding carboxylic acids is 2. The number of amides is 1. The van der Waals surface area contributed by atoms with Crippen LogP contribution >= 0.6 is 11.3 Å². The highest BCUT2D eigenvalue weighted by molar-refractivity contribution is 7.17. The van der Waals surface area contributed by atoms with Crippen LogP contribution in [0.2, 0.25) is 0 Å². The minimum Gasteiger partial charge on any atom is -0.321 e. The maximum atomic E-state index is 13.9. The van der Waals surface area contributed by atoms with Crippen molar-refractivity contribution < 1.29 is 14.0 Å². The number of thiazole rings is 1. The summed E-state index contributed by atoms with van der Waals surface area (Å²) in [4.78, 5) is 28.5. The molecule has 0 saturated heterocycles. The van der Waals surface area contributed by atoms with Gasteiger partial charge < -0.3 is 5.32 Å². The van der Waals surface area contributed by atoms with Gasteiger partial charge in [-0.05, 0) is 50.2 Å². The van der Waals surface area contributed by atoms with E-state index in [0.717, 1.165) is 11.3 Å². The molecule has 0 bridgehead atoms. The zero-order valence-electron chi connectivity index (χ0n) is 13.7. The number of nitrogens with one attached hydrogen (secondary N) is 1. The number of nitrogens with zero attached hydrogens (tertiary/aromatic N) is 1. The van der Waals surface area contributed by atoms with Crippen molar-refractivity contribution in [1.82, 2.24) is 4.98 Å². The molecular weight excluding hydrogens is 339 g/mol. The predicted octanol–water partition coefficient (Wildman–Crippen LogP) is 4.71. The summed E-state index contributed by atoms with van der Waals surface area (Å²) in [6, 6.07) is 13.0. The number of benzene rings is 2. The van der Waals surface area contributed by atoms with Crippen LogP contribution in [0.25, 0.3) is 10.6 Å². The summed E-state index contributed by atoms with van der Waals surface area (Å²) < 4.78 is 13.9. The average molecular weight is 354 g/mol. The Hall–Kier alpha value is -2.86. The number of rotatable bonds is 4. The summed E-state index contributed by atoms with van der Waals surface area (Å²) in [7, 11) is 0. The standard InChI is InChI=1S/C19H15FN2O2S/c1-11-17(25-19(21-11)15-5-3-4-6-16(15)20)18(24)22-14-9-7-13(8-10-14)12(2)23/h3-10H,1-2H3,(H,22,24). The van der Waals surface area contributed by atoms with Gasteiger partial charge in [-0.15, -0.1) is 11.3 Å². The van der Waals surface area contributed by atoms with E-state index in [2.05, 4.69) is 10.3 Å². The maximum absolute atomic E-state index is 13.9. The van der Waals surface area contributed by atoms with Gasteiger partial charge in [0.25, 0.3) is 5.91 Å². The SMILES string of the molecule is CC(=O)c1ccc(NC(=O)c2sc(-c3ccccc3F)nc2C)cc1. The Bertz CT molecular complexity index is 948. The van der Waals surface area contributed by atoms with Crippen LogP contribution in [0.5, 0.6) is 0 Å². The molecule has 126 valence electrons. The number of anilines is 1. The van der Waals surface area contributed by atoms with Crippen LogP contribution in [-0.2, 0) is 0 Å². The summed E-state index contributed by atoms with van der Waals surface area (Å²) >= 11 is 1.14. The van der Waals surface area contributed by atoms with Gasteiger partial charge >= 0.3 is 0 Å². The first-order valence-electron chi connectivity index (χ1n) is 7.60. The maximum Gasteiger partial charge on any atom is 0.267 e. The first-order valence-corrected chi connectivity index (χ1v) is 8.42. The molecule has 1 aromatic heterocycles. The number of aryl methyl sites for hydroxylation is 1. The van der Waals surface area contributed by atoms with Crippen molar-refractivity contribution in [2.45, 2.75) is 13.8 Å². The third kappa shape index (κ3) is 3.64. The van der Waals surface area contributed by atoms with Crippen molar-refractivity contribution in [3.8, 4) is 10.6 Å². The molecule has 3 rings (SSSR count). The molecule has 1 heterocycles. The van der Waals surface area contributed by atoms with Crippen LogP contribution < -0.4 is 5.32 Å². The largest absolute Gasteiger partial charge is 0.321 e. The molecule has 0 fully saturated rings. The number of ketones is 1. The molecule has 0 aliphatic heterocycles. The molecule has 0 unspecified atom stereocenters. The minimum absolute atomic E-state index is 0.0364. The highest BCUT2D eigenvalue weighted by Gasteiger charge is 2.18. The van der Waals surface area contributed by atoms with E-state index in [0.29, 0.717) is 32.4 Å². The molecule has 25 heavy (non-hydrogen) atoms. The lowest BCUT2D eigenvalue weighted by atomic mass is 10.1. The first-order chi connectivity index (χ1) is 12.0. The number of Topliss-reactive ketones (excluding diaryl/α,β-unsaturated/α-hetero) is 1. The molecule has 0 aliphatic carbocycles. The average Bonchev–Trinajstić information content (AvgIpc) is 2.97. The molecule has 0 saturated carbocycles. The molecule has 2 aromatic carbocycles. The molecule has 6 heteroatoms. The lowest BCUT2D eigenvalue weighted by molar-refractivity contribution is 0.101. The fourth-order valence-corrected chi connectivity index (χ4v) is 3.32. The van der Waals surface area contributed by atoms with Crippen LogP contribution in [0, 0.1) is 12.7 Å². The van der Waals surface area contributed by atoms with Crippen molar-refractivity contribution in [2.75, 3.05) is 5.32 Å². The third-order valence-electron chi connectivity index (χ3n) is 3.66.